The van der Waals surface area contributed by atoms with E-state index in [4.69, 9.17) is 15.9 Å². The van der Waals surface area contributed by atoms with Crippen molar-refractivity contribution in [2.24, 2.45) is 5.73 Å². The molecule has 0 aromatic carbocycles. The minimum Gasteiger partial charge on any atom is -0.481 e. The van der Waals surface area contributed by atoms with E-state index in [1.54, 1.807) is 18.2 Å². The first-order valence-electron chi connectivity index (χ1n) is 14.4. The first kappa shape index (κ1) is 39.6. The first-order valence-corrected chi connectivity index (χ1v) is 15.0. The minimum atomic E-state index is -1.37. The number of carboxylic acid groups (broad SMARTS) is 3. The third kappa shape index (κ3) is 19.4. The quantitative estimate of drug-likeness (QED) is 0.0361. The lowest BCUT2D eigenvalue weighted by Crippen LogP contribution is -2.56. The van der Waals surface area contributed by atoms with Crippen molar-refractivity contribution in [3.63, 3.8) is 0 Å². The summed E-state index contributed by atoms with van der Waals surface area (Å²) in [6, 6.07) is -3.73. The topological polar surface area (TPSA) is 208 Å². The molecule has 0 saturated heterocycles. The number of carbonyl (C=O) groups is 5. The summed E-state index contributed by atoms with van der Waals surface area (Å²) in [7, 11) is 0. The summed E-state index contributed by atoms with van der Waals surface area (Å²) in [4.78, 5) is 60.3. The van der Waals surface area contributed by atoms with Crippen LogP contribution in [0.3, 0.4) is 0 Å². The Bertz CT molecular complexity index is 997. The van der Waals surface area contributed by atoms with Crippen LogP contribution >= 0.6 is 12.6 Å². The molecule has 2 amide bonds. The highest BCUT2D eigenvalue weighted by molar-refractivity contribution is 7.80. The largest absolute Gasteiger partial charge is 0.481 e. The molecule has 0 fully saturated rings. The predicted octanol–water partition coefficient (Wildman–Crippen LogP) is 2.69. The van der Waals surface area contributed by atoms with Crippen LogP contribution < -0.4 is 11.1 Å². The highest BCUT2D eigenvalue weighted by Crippen LogP contribution is 2.16. The third-order valence-corrected chi connectivity index (χ3v) is 6.60. The lowest BCUT2D eigenvalue weighted by atomic mass is 10.0. The molecule has 0 aliphatic rings. The maximum absolute atomic E-state index is 13.4. The molecule has 0 radical (unpaired) electrons. The SMILES string of the molecule is CCCCC/C=C\CC=CC=C/C=C/[C@@H]([C@H](O)CCCC(=O)O)N(CC(=O)O)C(=O)C(CS)NC(=O)CCC(N)C(=O)O. The van der Waals surface area contributed by atoms with Crippen molar-refractivity contribution >= 4 is 42.4 Å². The Kier molecular flexibility index (Phi) is 22.2. The van der Waals surface area contributed by atoms with E-state index in [-0.39, 0.29) is 37.9 Å². The van der Waals surface area contributed by atoms with Crippen LogP contribution in [0.15, 0.2) is 48.6 Å². The number of unbranched alkanes of at least 4 members (excludes halogenated alkanes) is 3. The highest BCUT2D eigenvalue weighted by Gasteiger charge is 2.34. The van der Waals surface area contributed by atoms with Gasteiger partial charge in [-0.05, 0) is 38.5 Å². The molecule has 0 aliphatic carbocycles. The Hall–Kier alpha value is -3.42. The molecular weight excluding hydrogens is 578 g/mol. The van der Waals surface area contributed by atoms with Crippen LogP contribution in [-0.2, 0) is 24.0 Å². The van der Waals surface area contributed by atoms with E-state index in [0.29, 0.717) is 0 Å². The maximum atomic E-state index is 13.4. The minimum absolute atomic E-state index is 0.0378. The fourth-order valence-corrected chi connectivity index (χ4v) is 4.13. The number of hydrogen-bond acceptors (Lipinski definition) is 8. The Morgan fingerprint density at radius 1 is 0.884 bits per heavy atom. The van der Waals surface area contributed by atoms with E-state index in [1.165, 1.54) is 18.9 Å². The van der Waals surface area contributed by atoms with Gasteiger partial charge in [0.15, 0.2) is 0 Å². The van der Waals surface area contributed by atoms with Gasteiger partial charge in [-0.15, -0.1) is 0 Å². The average molecular weight is 626 g/mol. The number of allylic oxidation sites excluding steroid dienone is 7. The Labute approximate surface area is 258 Å². The molecule has 0 heterocycles. The van der Waals surface area contributed by atoms with Gasteiger partial charge in [-0.1, -0.05) is 68.4 Å². The summed E-state index contributed by atoms with van der Waals surface area (Å²) in [5.41, 5.74) is 5.42. The smallest absolute Gasteiger partial charge is 0.323 e. The van der Waals surface area contributed by atoms with Gasteiger partial charge in [0.05, 0.1) is 12.1 Å². The molecule has 0 saturated carbocycles. The van der Waals surface area contributed by atoms with Crippen LogP contribution in [0.5, 0.6) is 0 Å². The van der Waals surface area contributed by atoms with Gasteiger partial charge in [-0.3, -0.25) is 24.0 Å². The van der Waals surface area contributed by atoms with Gasteiger partial charge in [-0.25, -0.2) is 0 Å². The summed E-state index contributed by atoms with van der Waals surface area (Å²) >= 11 is 4.11. The zero-order valence-electron chi connectivity index (χ0n) is 24.7. The van der Waals surface area contributed by atoms with Gasteiger partial charge < -0.3 is 36.4 Å². The van der Waals surface area contributed by atoms with Crippen molar-refractivity contribution in [1.82, 2.24) is 10.2 Å². The molecule has 242 valence electrons. The molecule has 0 rings (SSSR count). The second-order valence-corrected chi connectivity index (χ2v) is 10.3. The summed E-state index contributed by atoms with van der Waals surface area (Å²) in [5.74, 6) is -5.46. The monoisotopic (exact) mass is 625 g/mol. The van der Waals surface area contributed by atoms with Crippen LogP contribution in [0, 0.1) is 0 Å². The van der Waals surface area contributed by atoms with E-state index < -0.39 is 60.5 Å². The Balaban J connectivity index is 5.74. The van der Waals surface area contributed by atoms with E-state index in [1.807, 2.05) is 12.2 Å². The number of aliphatic hydroxyl groups is 1. The molecular formula is C30H47N3O9S. The summed E-state index contributed by atoms with van der Waals surface area (Å²) in [5, 5.41) is 40.7. The zero-order valence-corrected chi connectivity index (χ0v) is 25.6. The van der Waals surface area contributed by atoms with Gasteiger partial charge in [-0.2, -0.15) is 12.6 Å². The number of nitrogens with zero attached hydrogens (tertiary/aromatic N) is 1. The Morgan fingerprint density at radius 3 is 2.19 bits per heavy atom. The van der Waals surface area contributed by atoms with Crippen molar-refractivity contribution in [3.05, 3.63) is 48.6 Å². The van der Waals surface area contributed by atoms with Crippen molar-refractivity contribution in [3.8, 4) is 0 Å². The normalized spacial score (nSPS) is 14.7. The second-order valence-electron chi connectivity index (χ2n) is 9.89. The van der Waals surface area contributed by atoms with E-state index in [0.717, 1.165) is 24.2 Å². The molecule has 12 nitrogen and oxygen atoms in total. The van der Waals surface area contributed by atoms with Gasteiger partial charge in [0, 0.05) is 18.6 Å². The maximum Gasteiger partial charge on any atom is 0.323 e. The molecule has 0 aliphatic heterocycles. The summed E-state index contributed by atoms with van der Waals surface area (Å²) in [6.07, 6.45) is 17.7. The van der Waals surface area contributed by atoms with Crippen LogP contribution in [0.1, 0.15) is 71.1 Å². The van der Waals surface area contributed by atoms with Crippen molar-refractivity contribution in [1.29, 1.82) is 0 Å². The third-order valence-electron chi connectivity index (χ3n) is 6.24. The number of thiol groups is 1. The molecule has 0 spiro atoms. The van der Waals surface area contributed by atoms with Crippen LogP contribution in [-0.4, -0.2) is 91.6 Å². The summed E-state index contributed by atoms with van der Waals surface area (Å²) < 4.78 is 0. The standard InChI is InChI=1S/C30H47N3O9S/c1-2-3-4-5-6-7-8-9-10-11-12-13-15-24(25(34)16-14-17-27(36)37)33(20-28(38)39)29(40)23(21-43)32-26(35)19-18-22(31)30(41)42/h6-7,9-13,15,22-25,34,43H,2-5,8,14,16-21,31H2,1H3,(H,32,35)(H,36,37)(H,38,39)(H,41,42)/b7-6-,10-9?,12-11?,15-13+/t22?,23?,24-,25+/m0/s1. The van der Waals surface area contributed by atoms with Gasteiger partial charge in [0.25, 0.3) is 0 Å². The van der Waals surface area contributed by atoms with Crippen LogP contribution in [0.4, 0.5) is 0 Å². The summed E-state index contributed by atoms with van der Waals surface area (Å²) in [6.45, 7) is 1.34. The Morgan fingerprint density at radius 2 is 1.58 bits per heavy atom. The number of aliphatic carboxylic acids is 3. The number of carbonyl (C=O) groups excluding carboxylic acids is 2. The van der Waals surface area contributed by atoms with E-state index in [2.05, 4.69) is 37.0 Å². The number of rotatable bonds is 24. The van der Waals surface area contributed by atoms with Crippen molar-refractivity contribution in [2.45, 2.75) is 95.4 Å². The lowest BCUT2D eigenvalue weighted by Gasteiger charge is -2.34. The molecule has 4 atom stereocenters. The highest BCUT2D eigenvalue weighted by atomic mass is 32.1. The van der Waals surface area contributed by atoms with E-state index in [9.17, 15) is 34.2 Å². The predicted molar refractivity (Wildman–Crippen MR) is 167 cm³/mol. The fourth-order valence-electron chi connectivity index (χ4n) is 3.88. The number of hydrogen-bond donors (Lipinski definition) is 7. The van der Waals surface area contributed by atoms with Crippen LogP contribution in [0.2, 0.25) is 0 Å². The lowest BCUT2D eigenvalue weighted by molar-refractivity contribution is -0.148. The van der Waals surface area contributed by atoms with Crippen molar-refractivity contribution < 1.29 is 44.4 Å². The number of aliphatic hydroxyl groups excluding tert-OH is 1. The van der Waals surface area contributed by atoms with Gasteiger partial charge >= 0.3 is 17.9 Å². The molecule has 0 aromatic heterocycles. The zero-order chi connectivity index (χ0) is 32.6. The first-order chi connectivity index (χ1) is 20.4. The number of carboxylic acids is 3. The molecule has 7 N–H and O–H groups in total. The van der Waals surface area contributed by atoms with Gasteiger partial charge in [0.1, 0.15) is 18.6 Å². The number of amides is 2. The van der Waals surface area contributed by atoms with Crippen molar-refractivity contribution in [2.75, 3.05) is 12.3 Å². The number of nitrogens with one attached hydrogen (secondary N) is 1. The van der Waals surface area contributed by atoms with Gasteiger partial charge in [0.2, 0.25) is 11.8 Å². The van der Waals surface area contributed by atoms with E-state index >= 15 is 0 Å². The average Bonchev–Trinajstić information content (AvgIpc) is 2.95. The molecule has 43 heavy (non-hydrogen) atoms. The second kappa shape index (κ2) is 24.1. The molecule has 0 aromatic rings. The number of nitrogens with two attached hydrogens (primary N) is 1. The molecule has 13 heteroatoms. The molecule has 0 bridgehead atoms. The van der Waals surface area contributed by atoms with Crippen LogP contribution in [0.25, 0.3) is 0 Å². The molecule has 2 unspecified atom stereocenters. The fraction of sp³-hybridized carbons (Fsp3) is 0.567.